The molecule has 1 aromatic heterocycles. The first-order chi connectivity index (χ1) is 12.7. The van der Waals surface area contributed by atoms with Crippen LogP contribution in [-0.4, -0.2) is 22.7 Å². The quantitative estimate of drug-likeness (QED) is 0.599. The molecule has 1 amide bonds. The van der Waals surface area contributed by atoms with Gasteiger partial charge in [-0.25, -0.2) is 4.39 Å². The summed E-state index contributed by atoms with van der Waals surface area (Å²) in [6.45, 7) is 3.62. The second-order valence-corrected chi connectivity index (χ2v) is 6.70. The van der Waals surface area contributed by atoms with E-state index in [0.717, 1.165) is 0 Å². The number of hydrogen-bond donors (Lipinski definition) is 3. The summed E-state index contributed by atoms with van der Waals surface area (Å²) in [7, 11) is 0. The first kappa shape index (κ1) is 20.8. The van der Waals surface area contributed by atoms with Gasteiger partial charge in [0.05, 0.1) is 10.6 Å². The van der Waals surface area contributed by atoms with Crippen molar-refractivity contribution in [2.45, 2.75) is 38.8 Å². The van der Waals surface area contributed by atoms with Gasteiger partial charge in [0.1, 0.15) is 5.82 Å². The number of rotatable bonds is 8. The highest BCUT2D eigenvalue weighted by Crippen LogP contribution is 2.29. The van der Waals surface area contributed by atoms with E-state index in [4.69, 9.17) is 17.3 Å². The van der Waals surface area contributed by atoms with Crippen molar-refractivity contribution in [1.82, 2.24) is 10.3 Å². The number of carbonyl (C=O) groups is 2. The third kappa shape index (κ3) is 5.02. The van der Waals surface area contributed by atoms with Crippen molar-refractivity contribution in [3.8, 4) is 0 Å². The van der Waals surface area contributed by atoms with Crippen LogP contribution in [0.3, 0.4) is 0 Å². The second kappa shape index (κ2) is 8.92. The summed E-state index contributed by atoms with van der Waals surface area (Å²) in [4.78, 5) is 37.3. The van der Waals surface area contributed by atoms with Crippen LogP contribution < -0.4 is 16.6 Å². The second-order valence-electron chi connectivity index (χ2n) is 6.30. The molecule has 0 fully saturated rings. The molecule has 0 radical (unpaired) electrons. The van der Waals surface area contributed by atoms with Gasteiger partial charge in [0.15, 0.2) is 5.78 Å². The highest BCUT2D eigenvalue weighted by Gasteiger charge is 2.25. The third-order valence-corrected chi connectivity index (χ3v) is 4.49. The fourth-order valence-corrected chi connectivity index (χ4v) is 3.11. The van der Waals surface area contributed by atoms with Crippen molar-refractivity contribution >= 4 is 23.3 Å². The highest BCUT2D eigenvalue weighted by molar-refractivity contribution is 6.35. The van der Waals surface area contributed by atoms with Crippen molar-refractivity contribution in [3.05, 3.63) is 68.3 Å². The molecular weight excluding hydrogens is 373 g/mol. The number of nitrogens with two attached hydrogens (primary N) is 1. The summed E-state index contributed by atoms with van der Waals surface area (Å²) < 4.78 is 15.2. The number of ketones is 1. The number of amides is 1. The van der Waals surface area contributed by atoms with E-state index < -0.39 is 23.5 Å². The van der Waals surface area contributed by atoms with Crippen molar-refractivity contribution in [1.29, 1.82) is 0 Å². The standard InChI is InChI=1S/C19H21ClFN3O3/c1-3-14(24-10(2)8-15(22)25)12-5-6-13(20)17(18(12)21)19(27)11-4-7-16(26)23-9-11/h4-7,9-10,14,24H,3,8H2,1-2H3,(H2,22,25)(H,23,26)/t10-,14-/m1/s1. The molecule has 0 aliphatic heterocycles. The minimum atomic E-state index is -0.732. The predicted octanol–water partition coefficient (Wildman–Crippen LogP) is 2.70. The van der Waals surface area contributed by atoms with Gasteiger partial charge in [-0.05, 0) is 25.5 Å². The lowest BCUT2D eigenvalue weighted by Crippen LogP contribution is -2.34. The maximum atomic E-state index is 15.2. The minimum Gasteiger partial charge on any atom is -0.370 e. The van der Waals surface area contributed by atoms with Crippen LogP contribution in [0.1, 0.15) is 54.2 Å². The van der Waals surface area contributed by atoms with Crippen LogP contribution in [-0.2, 0) is 4.79 Å². The van der Waals surface area contributed by atoms with Gasteiger partial charge in [-0.1, -0.05) is 24.6 Å². The number of H-pyrrole nitrogens is 1. The molecule has 2 aromatic rings. The van der Waals surface area contributed by atoms with Gasteiger partial charge in [0.2, 0.25) is 11.5 Å². The molecule has 0 bridgehead atoms. The molecule has 8 heteroatoms. The van der Waals surface area contributed by atoms with Crippen molar-refractivity contribution in [2.24, 2.45) is 5.73 Å². The monoisotopic (exact) mass is 393 g/mol. The fourth-order valence-electron chi connectivity index (χ4n) is 2.87. The van der Waals surface area contributed by atoms with E-state index in [1.54, 1.807) is 6.92 Å². The lowest BCUT2D eigenvalue weighted by Gasteiger charge is -2.23. The Balaban J connectivity index is 2.40. The number of carbonyl (C=O) groups excluding carboxylic acids is 2. The van der Waals surface area contributed by atoms with E-state index in [9.17, 15) is 14.4 Å². The number of halogens is 2. The highest BCUT2D eigenvalue weighted by atomic mass is 35.5. The van der Waals surface area contributed by atoms with E-state index in [-0.39, 0.29) is 39.7 Å². The fraction of sp³-hybridized carbons (Fsp3) is 0.316. The minimum absolute atomic E-state index is 0.0208. The van der Waals surface area contributed by atoms with Gasteiger partial charge in [-0.15, -0.1) is 0 Å². The number of nitrogens with one attached hydrogen (secondary N) is 2. The molecule has 27 heavy (non-hydrogen) atoms. The molecule has 2 atom stereocenters. The van der Waals surface area contributed by atoms with Crippen molar-refractivity contribution in [2.75, 3.05) is 0 Å². The Labute approximate surface area is 160 Å². The van der Waals surface area contributed by atoms with E-state index in [0.29, 0.717) is 6.42 Å². The zero-order chi connectivity index (χ0) is 20.1. The van der Waals surface area contributed by atoms with Crippen molar-refractivity contribution < 1.29 is 14.0 Å². The molecule has 0 saturated carbocycles. The number of benzene rings is 1. The Bertz CT molecular complexity index is 893. The Kier molecular flexibility index (Phi) is 6.87. The van der Waals surface area contributed by atoms with Gasteiger partial charge in [0, 0.05) is 41.9 Å². The largest absolute Gasteiger partial charge is 0.370 e. The first-order valence-electron chi connectivity index (χ1n) is 8.50. The first-order valence-corrected chi connectivity index (χ1v) is 8.88. The van der Waals surface area contributed by atoms with Gasteiger partial charge < -0.3 is 16.0 Å². The zero-order valence-electron chi connectivity index (χ0n) is 15.0. The number of pyridine rings is 1. The molecule has 144 valence electrons. The average molecular weight is 394 g/mol. The Morgan fingerprint density at radius 2 is 2.00 bits per heavy atom. The molecular formula is C19H21ClFN3O3. The normalized spacial score (nSPS) is 13.2. The van der Waals surface area contributed by atoms with E-state index in [1.807, 2.05) is 6.92 Å². The van der Waals surface area contributed by atoms with Crippen LogP contribution in [0.15, 0.2) is 35.3 Å². The Hall–Kier alpha value is -2.51. The summed E-state index contributed by atoms with van der Waals surface area (Å²) in [5.74, 6) is -1.82. The Morgan fingerprint density at radius 3 is 2.56 bits per heavy atom. The maximum absolute atomic E-state index is 15.2. The predicted molar refractivity (Wildman–Crippen MR) is 101 cm³/mol. The van der Waals surface area contributed by atoms with Crippen LogP contribution in [0.2, 0.25) is 5.02 Å². The number of hydrogen-bond acceptors (Lipinski definition) is 4. The molecule has 0 unspecified atom stereocenters. The molecule has 0 aliphatic carbocycles. The SMILES string of the molecule is CC[C@@H](N[C@H](C)CC(N)=O)c1ccc(Cl)c(C(=O)c2ccc(=O)[nH]c2)c1F. The molecule has 2 rings (SSSR count). The summed E-state index contributed by atoms with van der Waals surface area (Å²) in [5, 5.41) is 3.12. The average Bonchev–Trinajstić information content (AvgIpc) is 2.60. The summed E-state index contributed by atoms with van der Waals surface area (Å²) in [5.41, 5.74) is 4.96. The lowest BCUT2D eigenvalue weighted by molar-refractivity contribution is -0.118. The van der Waals surface area contributed by atoms with E-state index in [2.05, 4.69) is 10.3 Å². The molecule has 0 saturated heterocycles. The summed E-state index contributed by atoms with van der Waals surface area (Å²) in [6.07, 6.45) is 1.85. The van der Waals surface area contributed by atoms with E-state index in [1.165, 1.54) is 30.5 Å². The molecule has 4 N–H and O–H groups in total. The maximum Gasteiger partial charge on any atom is 0.247 e. The molecule has 0 spiro atoms. The van der Waals surface area contributed by atoms with Crippen LogP contribution >= 0.6 is 11.6 Å². The number of aromatic amines is 1. The number of aromatic nitrogens is 1. The van der Waals surface area contributed by atoms with Crippen LogP contribution in [0.4, 0.5) is 4.39 Å². The third-order valence-electron chi connectivity index (χ3n) is 4.17. The van der Waals surface area contributed by atoms with Crippen molar-refractivity contribution in [3.63, 3.8) is 0 Å². The van der Waals surface area contributed by atoms with Gasteiger partial charge in [-0.2, -0.15) is 0 Å². The number of primary amides is 1. The van der Waals surface area contributed by atoms with Gasteiger partial charge >= 0.3 is 0 Å². The van der Waals surface area contributed by atoms with E-state index >= 15 is 4.39 Å². The summed E-state index contributed by atoms with van der Waals surface area (Å²) in [6, 6.07) is 4.78. The topological polar surface area (TPSA) is 105 Å². The van der Waals surface area contributed by atoms with Crippen LogP contribution in [0, 0.1) is 5.82 Å². The lowest BCUT2D eigenvalue weighted by atomic mass is 9.96. The molecule has 1 heterocycles. The molecule has 1 aromatic carbocycles. The van der Waals surface area contributed by atoms with Crippen LogP contribution in [0.5, 0.6) is 0 Å². The van der Waals surface area contributed by atoms with Gasteiger partial charge in [0.25, 0.3) is 0 Å². The van der Waals surface area contributed by atoms with Gasteiger partial charge in [-0.3, -0.25) is 14.4 Å². The zero-order valence-corrected chi connectivity index (χ0v) is 15.8. The smallest absolute Gasteiger partial charge is 0.247 e. The Morgan fingerprint density at radius 1 is 1.30 bits per heavy atom. The molecule has 0 aliphatic rings. The summed E-state index contributed by atoms with van der Waals surface area (Å²) >= 11 is 6.09. The molecule has 6 nitrogen and oxygen atoms in total. The van der Waals surface area contributed by atoms with Crippen LogP contribution in [0.25, 0.3) is 0 Å².